The van der Waals surface area contributed by atoms with Gasteiger partial charge in [0.05, 0.1) is 30.6 Å². The molecule has 0 aliphatic carbocycles. The maximum atomic E-state index is 12.4. The van der Waals surface area contributed by atoms with Gasteiger partial charge in [0.2, 0.25) is 0 Å². The largest absolute Gasteiger partial charge is 0.497 e. The number of nitrogen functional groups attached to an aromatic ring is 1. The van der Waals surface area contributed by atoms with Crippen LogP contribution in [-0.2, 0) is 6.54 Å². The standard InChI is InChI=1S/C27H28ClN3O4/c1-3-31-24-17-22(34-15-5-14-28)12-13-23(24)25(29)26(31)18-6-4-7-19(16-18)30-27(32)35-21-10-8-20(33-2)9-11-21/h4,6-13,16-17H,3,5,14-15,29H2,1-2H3,(H,30,32). The number of fused-ring (bicyclic) bond motifs is 1. The number of benzene rings is 3. The highest BCUT2D eigenvalue weighted by atomic mass is 35.5. The third-order valence-electron chi connectivity index (χ3n) is 5.59. The van der Waals surface area contributed by atoms with E-state index in [9.17, 15) is 4.79 Å². The van der Waals surface area contributed by atoms with Crippen molar-refractivity contribution in [2.45, 2.75) is 19.9 Å². The van der Waals surface area contributed by atoms with E-state index in [4.69, 9.17) is 31.5 Å². The first-order chi connectivity index (χ1) is 17.0. The van der Waals surface area contributed by atoms with E-state index in [-0.39, 0.29) is 0 Å². The second-order valence-electron chi connectivity index (χ2n) is 7.85. The van der Waals surface area contributed by atoms with E-state index in [0.29, 0.717) is 41.9 Å². The maximum absolute atomic E-state index is 12.4. The smallest absolute Gasteiger partial charge is 0.417 e. The molecule has 0 radical (unpaired) electrons. The Labute approximate surface area is 209 Å². The lowest BCUT2D eigenvalue weighted by Crippen LogP contribution is -2.16. The number of hydrogen-bond acceptors (Lipinski definition) is 5. The minimum atomic E-state index is -0.588. The van der Waals surface area contributed by atoms with Gasteiger partial charge in [-0.05, 0) is 61.9 Å². The van der Waals surface area contributed by atoms with Crippen molar-refractivity contribution in [2.24, 2.45) is 0 Å². The molecule has 0 saturated carbocycles. The summed E-state index contributed by atoms with van der Waals surface area (Å²) in [6.45, 7) is 3.34. The molecule has 1 aromatic heterocycles. The lowest BCUT2D eigenvalue weighted by atomic mass is 10.1. The van der Waals surface area contributed by atoms with Gasteiger partial charge >= 0.3 is 6.09 Å². The van der Waals surface area contributed by atoms with Crippen molar-refractivity contribution in [3.8, 4) is 28.5 Å². The van der Waals surface area contributed by atoms with Crippen molar-refractivity contribution in [3.05, 3.63) is 66.7 Å². The summed E-state index contributed by atoms with van der Waals surface area (Å²) in [7, 11) is 1.58. The van der Waals surface area contributed by atoms with Crippen molar-refractivity contribution >= 4 is 40.0 Å². The monoisotopic (exact) mass is 493 g/mol. The highest BCUT2D eigenvalue weighted by Crippen LogP contribution is 2.38. The minimum Gasteiger partial charge on any atom is -0.497 e. The Morgan fingerprint density at radius 1 is 1.03 bits per heavy atom. The molecule has 0 atom stereocenters. The summed E-state index contributed by atoms with van der Waals surface area (Å²) in [5, 5.41) is 3.73. The summed E-state index contributed by atoms with van der Waals surface area (Å²) >= 11 is 5.76. The molecule has 3 aromatic carbocycles. The highest BCUT2D eigenvalue weighted by Gasteiger charge is 2.17. The molecule has 0 aliphatic rings. The van der Waals surface area contributed by atoms with E-state index in [1.165, 1.54) is 0 Å². The number of hydrogen-bond donors (Lipinski definition) is 2. The van der Waals surface area contributed by atoms with Crippen LogP contribution in [0.5, 0.6) is 17.2 Å². The fourth-order valence-electron chi connectivity index (χ4n) is 3.97. The number of amides is 1. The number of anilines is 2. The topological polar surface area (TPSA) is 87.7 Å². The van der Waals surface area contributed by atoms with E-state index in [1.807, 2.05) is 36.4 Å². The Hall–Kier alpha value is -3.84. The van der Waals surface area contributed by atoms with Crippen molar-refractivity contribution in [2.75, 3.05) is 30.6 Å². The fourth-order valence-corrected chi connectivity index (χ4v) is 4.08. The van der Waals surface area contributed by atoms with Crippen LogP contribution in [0.1, 0.15) is 13.3 Å². The van der Waals surface area contributed by atoms with Crippen LogP contribution in [0.25, 0.3) is 22.2 Å². The summed E-state index contributed by atoms with van der Waals surface area (Å²) < 4.78 is 18.5. The SMILES string of the molecule is CCn1c(-c2cccc(NC(=O)Oc3ccc(OC)cc3)c2)c(N)c2ccc(OCCCCl)cc21. The van der Waals surface area contributed by atoms with Crippen LogP contribution in [-0.4, -0.2) is 30.3 Å². The molecule has 0 bridgehead atoms. The van der Waals surface area contributed by atoms with Gasteiger partial charge in [-0.3, -0.25) is 5.32 Å². The molecule has 0 fully saturated rings. The predicted octanol–water partition coefficient (Wildman–Crippen LogP) is 6.54. The van der Waals surface area contributed by atoms with E-state index in [2.05, 4.69) is 16.8 Å². The van der Waals surface area contributed by atoms with Crippen molar-refractivity contribution in [3.63, 3.8) is 0 Å². The van der Waals surface area contributed by atoms with Crippen LogP contribution in [0.15, 0.2) is 66.7 Å². The summed E-state index contributed by atoms with van der Waals surface area (Å²) in [5.41, 5.74) is 10.6. The van der Waals surface area contributed by atoms with Crippen LogP contribution < -0.4 is 25.3 Å². The molecular formula is C27H28ClN3O4. The van der Waals surface area contributed by atoms with Gasteiger partial charge in [0, 0.05) is 35.1 Å². The zero-order chi connectivity index (χ0) is 24.8. The van der Waals surface area contributed by atoms with E-state index >= 15 is 0 Å². The Balaban J connectivity index is 1.58. The lowest BCUT2D eigenvalue weighted by Gasteiger charge is -2.12. The molecule has 7 nitrogen and oxygen atoms in total. The number of carbonyl (C=O) groups excluding carboxylic acids is 1. The molecule has 35 heavy (non-hydrogen) atoms. The number of ether oxygens (including phenoxy) is 3. The number of carbonyl (C=O) groups is 1. The average Bonchev–Trinajstić information content (AvgIpc) is 3.15. The van der Waals surface area contributed by atoms with E-state index in [1.54, 1.807) is 37.4 Å². The summed E-state index contributed by atoms with van der Waals surface area (Å²) in [5.74, 6) is 2.43. The zero-order valence-corrected chi connectivity index (χ0v) is 20.5. The number of methoxy groups -OCH3 is 1. The molecule has 3 N–H and O–H groups in total. The van der Waals surface area contributed by atoms with Gasteiger partial charge in [0.25, 0.3) is 0 Å². The first kappa shape index (κ1) is 24.3. The number of aryl methyl sites for hydroxylation is 1. The molecular weight excluding hydrogens is 466 g/mol. The van der Waals surface area contributed by atoms with Gasteiger partial charge in [-0.15, -0.1) is 11.6 Å². The molecule has 1 heterocycles. The first-order valence-electron chi connectivity index (χ1n) is 11.4. The molecule has 182 valence electrons. The zero-order valence-electron chi connectivity index (χ0n) is 19.7. The van der Waals surface area contributed by atoms with E-state index < -0.39 is 6.09 Å². The number of alkyl halides is 1. The van der Waals surface area contributed by atoms with Crippen LogP contribution in [0, 0.1) is 0 Å². The number of nitrogens with one attached hydrogen (secondary N) is 1. The average molecular weight is 494 g/mol. The van der Waals surface area contributed by atoms with Gasteiger partial charge in [0.15, 0.2) is 0 Å². The maximum Gasteiger partial charge on any atom is 0.417 e. The van der Waals surface area contributed by atoms with Gasteiger partial charge < -0.3 is 24.5 Å². The number of nitrogens with zero attached hydrogens (tertiary/aromatic N) is 1. The fraction of sp³-hybridized carbons (Fsp3) is 0.222. The molecule has 4 aromatic rings. The molecule has 0 aliphatic heterocycles. The third kappa shape index (κ3) is 5.46. The van der Waals surface area contributed by atoms with Crippen LogP contribution in [0.2, 0.25) is 0 Å². The molecule has 1 amide bonds. The first-order valence-corrected chi connectivity index (χ1v) is 11.9. The number of aromatic nitrogens is 1. The Bertz CT molecular complexity index is 1320. The molecule has 0 saturated heterocycles. The van der Waals surface area contributed by atoms with Crippen LogP contribution in [0.3, 0.4) is 0 Å². The molecule has 0 unspecified atom stereocenters. The van der Waals surface area contributed by atoms with Gasteiger partial charge in [0.1, 0.15) is 17.2 Å². The number of halogens is 1. The summed E-state index contributed by atoms with van der Waals surface area (Å²) in [6, 6.07) is 20.2. The van der Waals surface area contributed by atoms with Gasteiger partial charge in [-0.2, -0.15) is 0 Å². The Kier molecular flexibility index (Phi) is 7.67. The minimum absolute atomic E-state index is 0.416. The Morgan fingerprint density at radius 2 is 1.77 bits per heavy atom. The summed E-state index contributed by atoms with van der Waals surface area (Å²) in [4.78, 5) is 12.4. The van der Waals surface area contributed by atoms with Gasteiger partial charge in [-0.1, -0.05) is 12.1 Å². The molecule has 0 spiro atoms. The van der Waals surface area contributed by atoms with Gasteiger partial charge in [-0.25, -0.2) is 4.79 Å². The second-order valence-corrected chi connectivity index (χ2v) is 8.23. The van der Waals surface area contributed by atoms with Crippen LogP contribution >= 0.6 is 11.6 Å². The second kappa shape index (κ2) is 11.1. The number of rotatable bonds is 9. The third-order valence-corrected chi connectivity index (χ3v) is 5.86. The normalized spacial score (nSPS) is 10.8. The van der Waals surface area contributed by atoms with Crippen molar-refractivity contribution in [1.29, 1.82) is 0 Å². The quantitative estimate of drug-likeness (QED) is 0.204. The van der Waals surface area contributed by atoms with E-state index in [0.717, 1.165) is 34.3 Å². The highest BCUT2D eigenvalue weighted by molar-refractivity contribution is 6.17. The summed E-state index contributed by atoms with van der Waals surface area (Å²) in [6.07, 6.45) is 0.192. The predicted molar refractivity (Wildman–Crippen MR) is 141 cm³/mol. The molecule has 8 heteroatoms. The van der Waals surface area contributed by atoms with Crippen LogP contribution in [0.4, 0.5) is 16.2 Å². The molecule has 4 rings (SSSR count). The lowest BCUT2D eigenvalue weighted by molar-refractivity contribution is 0.215. The van der Waals surface area contributed by atoms with Crippen molar-refractivity contribution in [1.82, 2.24) is 4.57 Å². The number of nitrogens with two attached hydrogens (primary N) is 1. The Morgan fingerprint density at radius 3 is 2.49 bits per heavy atom. The van der Waals surface area contributed by atoms with Crippen molar-refractivity contribution < 1.29 is 19.0 Å².